The molecule has 0 radical (unpaired) electrons. The summed E-state index contributed by atoms with van der Waals surface area (Å²) in [5.41, 5.74) is 1.30. The van der Waals surface area contributed by atoms with Crippen LogP contribution in [0.2, 0.25) is 0 Å². The lowest BCUT2D eigenvalue weighted by Gasteiger charge is -2.34. The largest absolute Gasteiger partial charge is 0.316 e. The smallest absolute Gasteiger partial charge is 0.0317 e. The van der Waals surface area contributed by atoms with E-state index in [1.54, 1.807) is 0 Å². The molecular formula is C12H23NS2. The fraction of sp³-hybridized carbons (Fsp3) is 0.833. The second-order valence-electron chi connectivity index (χ2n) is 4.30. The highest BCUT2D eigenvalue weighted by Crippen LogP contribution is 2.34. The van der Waals surface area contributed by atoms with E-state index in [0.29, 0.717) is 6.04 Å². The maximum atomic E-state index is 3.99. The summed E-state index contributed by atoms with van der Waals surface area (Å²) in [6.07, 6.45) is 2.38. The lowest BCUT2D eigenvalue weighted by molar-refractivity contribution is 0.498. The van der Waals surface area contributed by atoms with Crippen LogP contribution in [0.1, 0.15) is 26.7 Å². The maximum Gasteiger partial charge on any atom is 0.0317 e. The molecule has 0 spiro atoms. The van der Waals surface area contributed by atoms with E-state index in [1.165, 1.54) is 23.5 Å². The molecule has 3 atom stereocenters. The molecule has 1 fully saturated rings. The first-order chi connectivity index (χ1) is 7.15. The third-order valence-electron chi connectivity index (χ3n) is 2.89. The molecule has 0 aromatic carbocycles. The molecule has 0 aliphatic carbocycles. The predicted molar refractivity (Wildman–Crippen MR) is 75.1 cm³/mol. The van der Waals surface area contributed by atoms with E-state index in [0.717, 1.165) is 16.9 Å². The molecule has 1 heterocycles. The lowest BCUT2D eigenvalue weighted by atomic mass is 10.0. The fourth-order valence-electron chi connectivity index (χ4n) is 1.97. The Balaban J connectivity index is 2.44. The number of allylic oxidation sites excluding steroid dienone is 1. The molecular weight excluding hydrogens is 222 g/mol. The van der Waals surface area contributed by atoms with Crippen molar-refractivity contribution < 1.29 is 0 Å². The summed E-state index contributed by atoms with van der Waals surface area (Å²) in [6, 6.07) is 0.648. The minimum absolute atomic E-state index is 0.648. The van der Waals surface area contributed by atoms with Crippen LogP contribution in [0.25, 0.3) is 0 Å². The van der Waals surface area contributed by atoms with Crippen LogP contribution in [0.3, 0.4) is 0 Å². The van der Waals surface area contributed by atoms with Gasteiger partial charge in [-0.25, -0.2) is 0 Å². The van der Waals surface area contributed by atoms with Crippen molar-refractivity contribution in [2.75, 3.05) is 18.6 Å². The van der Waals surface area contributed by atoms with Gasteiger partial charge in [0.05, 0.1) is 0 Å². The van der Waals surface area contributed by atoms with Crippen LogP contribution in [0, 0.1) is 0 Å². The third-order valence-corrected chi connectivity index (χ3v) is 6.14. The SMILES string of the molecule is C=C(C)CCC(NC)C1SCCSC1C. The van der Waals surface area contributed by atoms with Crippen molar-refractivity contribution in [2.24, 2.45) is 0 Å². The lowest BCUT2D eigenvalue weighted by Crippen LogP contribution is -2.42. The van der Waals surface area contributed by atoms with Crippen molar-refractivity contribution >= 4 is 23.5 Å². The highest BCUT2D eigenvalue weighted by molar-refractivity contribution is 8.07. The second kappa shape index (κ2) is 6.87. The van der Waals surface area contributed by atoms with Crippen molar-refractivity contribution in [3.05, 3.63) is 12.2 Å². The van der Waals surface area contributed by atoms with E-state index in [2.05, 4.69) is 56.3 Å². The Kier molecular flexibility index (Phi) is 6.17. The van der Waals surface area contributed by atoms with Crippen molar-refractivity contribution in [3.63, 3.8) is 0 Å². The monoisotopic (exact) mass is 245 g/mol. The normalized spacial score (nSPS) is 28.7. The maximum absolute atomic E-state index is 3.99. The average Bonchev–Trinajstić information content (AvgIpc) is 2.21. The Morgan fingerprint density at radius 1 is 1.47 bits per heavy atom. The van der Waals surface area contributed by atoms with Gasteiger partial charge in [0, 0.05) is 28.0 Å². The quantitative estimate of drug-likeness (QED) is 0.747. The first-order valence-electron chi connectivity index (χ1n) is 5.70. The molecule has 0 aromatic heterocycles. The molecule has 0 bridgehead atoms. The second-order valence-corrected chi connectivity index (χ2v) is 7.07. The van der Waals surface area contributed by atoms with Crippen LogP contribution in [-0.4, -0.2) is 35.1 Å². The molecule has 1 aliphatic heterocycles. The molecule has 1 rings (SSSR count). The van der Waals surface area contributed by atoms with E-state index >= 15 is 0 Å². The van der Waals surface area contributed by atoms with E-state index in [-0.39, 0.29) is 0 Å². The number of thioether (sulfide) groups is 2. The zero-order valence-corrected chi connectivity index (χ0v) is 11.7. The first-order valence-corrected chi connectivity index (χ1v) is 7.79. The summed E-state index contributed by atoms with van der Waals surface area (Å²) in [5.74, 6) is 2.63. The number of hydrogen-bond acceptors (Lipinski definition) is 3. The summed E-state index contributed by atoms with van der Waals surface area (Å²) in [5, 5.41) is 5.04. The van der Waals surface area contributed by atoms with Crippen molar-refractivity contribution in [1.82, 2.24) is 5.32 Å². The topological polar surface area (TPSA) is 12.0 Å². The van der Waals surface area contributed by atoms with Crippen LogP contribution in [0.15, 0.2) is 12.2 Å². The van der Waals surface area contributed by atoms with Gasteiger partial charge in [-0.2, -0.15) is 23.5 Å². The fourth-order valence-corrected chi connectivity index (χ4v) is 5.01. The molecule has 0 amide bonds. The standard InChI is InChI=1S/C12H23NS2/c1-9(2)5-6-11(13-4)12-10(3)14-7-8-15-12/h10-13H,1,5-8H2,2-4H3. The summed E-state index contributed by atoms with van der Waals surface area (Å²) >= 11 is 4.26. The molecule has 88 valence electrons. The Hall–Kier alpha value is 0.400. The molecule has 1 nitrogen and oxygen atoms in total. The molecule has 0 saturated carbocycles. The van der Waals surface area contributed by atoms with Gasteiger partial charge in [0.25, 0.3) is 0 Å². The molecule has 15 heavy (non-hydrogen) atoms. The van der Waals surface area contributed by atoms with Gasteiger partial charge in [-0.05, 0) is 26.8 Å². The Morgan fingerprint density at radius 3 is 2.67 bits per heavy atom. The van der Waals surface area contributed by atoms with Crippen molar-refractivity contribution in [2.45, 2.75) is 43.2 Å². The number of hydrogen-bond donors (Lipinski definition) is 1. The minimum atomic E-state index is 0.648. The average molecular weight is 245 g/mol. The van der Waals surface area contributed by atoms with Crippen LogP contribution in [0.5, 0.6) is 0 Å². The van der Waals surface area contributed by atoms with E-state index in [4.69, 9.17) is 0 Å². The summed E-state index contributed by atoms with van der Waals surface area (Å²) in [7, 11) is 2.09. The minimum Gasteiger partial charge on any atom is -0.316 e. The van der Waals surface area contributed by atoms with Gasteiger partial charge in [-0.1, -0.05) is 12.5 Å². The molecule has 1 saturated heterocycles. The molecule has 3 unspecified atom stereocenters. The van der Waals surface area contributed by atoms with Crippen molar-refractivity contribution in [1.29, 1.82) is 0 Å². The number of rotatable bonds is 5. The van der Waals surface area contributed by atoms with Crippen LogP contribution < -0.4 is 5.32 Å². The highest BCUT2D eigenvalue weighted by Gasteiger charge is 2.28. The van der Waals surface area contributed by atoms with Crippen LogP contribution in [-0.2, 0) is 0 Å². The van der Waals surface area contributed by atoms with Crippen LogP contribution in [0.4, 0.5) is 0 Å². The Bertz CT molecular complexity index is 206. The van der Waals surface area contributed by atoms with E-state index in [1.807, 2.05) is 0 Å². The number of nitrogens with one attached hydrogen (secondary N) is 1. The highest BCUT2D eigenvalue weighted by atomic mass is 32.2. The predicted octanol–water partition coefficient (Wildman–Crippen LogP) is 3.17. The Morgan fingerprint density at radius 2 is 2.13 bits per heavy atom. The molecule has 3 heteroatoms. The zero-order valence-electron chi connectivity index (χ0n) is 10.1. The van der Waals surface area contributed by atoms with Gasteiger partial charge in [0.1, 0.15) is 0 Å². The third kappa shape index (κ3) is 4.41. The zero-order chi connectivity index (χ0) is 11.3. The summed E-state index contributed by atoms with van der Waals surface area (Å²) < 4.78 is 0. The van der Waals surface area contributed by atoms with Crippen LogP contribution >= 0.6 is 23.5 Å². The molecule has 1 aliphatic rings. The van der Waals surface area contributed by atoms with E-state index in [9.17, 15) is 0 Å². The van der Waals surface area contributed by atoms with Gasteiger partial charge in [-0.15, -0.1) is 6.58 Å². The van der Waals surface area contributed by atoms with Crippen molar-refractivity contribution in [3.8, 4) is 0 Å². The summed E-state index contributed by atoms with van der Waals surface area (Å²) in [6.45, 7) is 8.48. The van der Waals surface area contributed by atoms with Gasteiger partial charge < -0.3 is 5.32 Å². The summed E-state index contributed by atoms with van der Waals surface area (Å²) in [4.78, 5) is 0. The molecule has 1 N–H and O–H groups in total. The Labute approximate surface area is 103 Å². The van der Waals surface area contributed by atoms with E-state index < -0.39 is 0 Å². The van der Waals surface area contributed by atoms with Gasteiger partial charge >= 0.3 is 0 Å². The van der Waals surface area contributed by atoms with Gasteiger partial charge in [0.2, 0.25) is 0 Å². The van der Waals surface area contributed by atoms with Gasteiger partial charge in [-0.3, -0.25) is 0 Å². The first kappa shape index (κ1) is 13.5. The molecule has 0 aromatic rings. The van der Waals surface area contributed by atoms with Gasteiger partial charge in [0.15, 0.2) is 0 Å².